The van der Waals surface area contributed by atoms with E-state index in [1.54, 1.807) is 24.3 Å². The van der Waals surface area contributed by atoms with Gasteiger partial charge in [0, 0.05) is 18.7 Å². The van der Waals surface area contributed by atoms with Crippen molar-refractivity contribution in [2.45, 2.75) is 13.0 Å². The van der Waals surface area contributed by atoms with Gasteiger partial charge < -0.3 is 24.6 Å². The van der Waals surface area contributed by atoms with Crippen LogP contribution in [-0.4, -0.2) is 40.3 Å². The summed E-state index contributed by atoms with van der Waals surface area (Å²) in [4.78, 5) is 26.7. The third-order valence-corrected chi connectivity index (χ3v) is 6.31. The second-order valence-corrected chi connectivity index (χ2v) is 8.76. The SMILES string of the molecule is O=C(O)c1cc(-c2ccc(CN(CCc3ccccc3)C(=O)c3ccc4c(c3)OCO4)cc2)ccc1O. The van der Waals surface area contributed by atoms with Gasteiger partial charge in [0.1, 0.15) is 11.3 Å². The molecule has 7 heteroatoms. The third-order valence-electron chi connectivity index (χ3n) is 6.31. The average Bonchev–Trinajstić information content (AvgIpc) is 3.40. The van der Waals surface area contributed by atoms with Crippen LogP contribution in [0.4, 0.5) is 0 Å². The van der Waals surface area contributed by atoms with Crippen LogP contribution in [-0.2, 0) is 13.0 Å². The molecule has 0 aliphatic carbocycles. The van der Waals surface area contributed by atoms with E-state index in [9.17, 15) is 19.8 Å². The van der Waals surface area contributed by atoms with Crippen molar-refractivity contribution >= 4 is 11.9 Å². The maximum absolute atomic E-state index is 13.5. The van der Waals surface area contributed by atoms with Crippen LogP contribution in [0, 0.1) is 0 Å². The first-order chi connectivity index (χ1) is 18.0. The molecule has 1 amide bonds. The Labute approximate surface area is 214 Å². The quantitative estimate of drug-likeness (QED) is 0.341. The molecule has 0 atom stereocenters. The number of carboxylic acids is 1. The zero-order valence-corrected chi connectivity index (χ0v) is 20.0. The van der Waals surface area contributed by atoms with Crippen molar-refractivity contribution in [3.8, 4) is 28.4 Å². The highest BCUT2D eigenvalue weighted by molar-refractivity contribution is 5.95. The Morgan fingerprint density at radius 3 is 2.27 bits per heavy atom. The van der Waals surface area contributed by atoms with Gasteiger partial charge in [0.05, 0.1) is 0 Å². The number of hydrogen-bond acceptors (Lipinski definition) is 5. The van der Waals surface area contributed by atoms with E-state index in [0.717, 1.165) is 16.7 Å². The molecule has 1 heterocycles. The van der Waals surface area contributed by atoms with Crippen molar-refractivity contribution in [3.63, 3.8) is 0 Å². The number of aromatic hydroxyl groups is 1. The van der Waals surface area contributed by atoms with Crippen molar-refractivity contribution in [1.29, 1.82) is 0 Å². The Balaban J connectivity index is 1.37. The number of hydrogen-bond donors (Lipinski definition) is 2. The molecular formula is C30H25NO6. The Kier molecular flexibility index (Phi) is 6.76. The van der Waals surface area contributed by atoms with Crippen LogP contribution in [0.2, 0.25) is 0 Å². The van der Waals surface area contributed by atoms with Crippen LogP contribution in [0.15, 0.2) is 91.0 Å². The van der Waals surface area contributed by atoms with Gasteiger partial charge in [-0.05, 0) is 59.0 Å². The van der Waals surface area contributed by atoms with Gasteiger partial charge in [0.2, 0.25) is 6.79 Å². The Bertz CT molecular complexity index is 1430. The first-order valence-electron chi connectivity index (χ1n) is 11.9. The van der Waals surface area contributed by atoms with Crippen LogP contribution < -0.4 is 9.47 Å². The number of carbonyl (C=O) groups is 2. The van der Waals surface area contributed by atoms with E-state index >= 15 is 0 Å². The molecule has 0 unspecified atom stereocenters. The predicted octanol–water partition coefficient (Wildman–Crippen LogP) is 5.37. The number of carboxylic acid groups (broad SMARTS) is 1. The summed E-state index contributed by atoms with van der Waals surface area (Å²) >= 11 is 0. The minimum Gasteiger partial charge on any atom is -0.507 e. The molecule has 0 spiro atoms. The number of rotatable bonds is 8. The molecule has 186 valence electrons. The maximum atomic E-state index is 13.5. The fourth-order valence-electron chi connectivity index (χ4n) is 4.28. The summed E-state index contributed by atoms with van der Waals surface area (Å²) in [5.74, 6) is -0.380. The molecule has 4 aromatic rings. The second kappa shape index (κ2) is 10.5. The Morgan fingerprint density at radius 1 is 0.784 bits per heavy atom. The van der Waals surface area contributed by atoms with E-state index in [1.165, 1.54) is 12.1 Å². The molecule has 0 saturated carbocycles. The monoisotopic (exact) mass is 495 g/mol. The first-order valence-corrected chi connectivity index (χ1v) is 11.9. The lowest BCUT2D eigenvalue weighted by molar-refractivity contribution is 0.0692. The van der Waals surface area contributed by atoms with Gasteiger partial charge in [-0.25, -0.2) is 4.79 Å². The number of fused-ring (bicyclic) bond motifs is 1. The lowest BCUT2D eigenvalue weighted by Gasteiger charge is -2.23. The van der Waals surface area contributed by atoms with Crippen molar-refractivity contribution in [3.05, 3.63) is 113 Å². The Hall–Kier alpha value is -4.78. The molecule has 0 aromatic heterocycles. The lowest BCUT2D eigenvalue weighted by Crippen LogP contribution is -2.32. The molecule has 1 aliphatic heterocycles. The average molecular weight is 496 g/mol. The van der Waals surface area contributed by atoms with Gasteiger partial charge in [0.25, 0.3) is 5.91 Å². The van der Waals surface area contributed by atoms with Crippen LogP contribution in [0.1, 0.15) is 31.8 Å². The molecule has 7 nitrogen and oxygen atoms in total. The van der Waals surface area contributed by atoms with Gasteiger partial charge >= 0.3 is 5.97 Å². The number of carbonyl (C=O) groups excluding carboxylic acids is 1. The summed E-state index contributed by atoms with van der Waals surface area (Å²) in [7, 11) is 0. The summed E-state index contributed by atoms with van der Waals surface area (Å²) in [6.07, 6.45) is 0.709. The van der Waals surface area contributed by atoms with Gasteiger partial charge in [-0.3, -0.25) is 4.79 Å². The molecule has 5 rings (SSSR count). The zero-order chi connectivity index (χ0) is 25.8. The number of phenols is 1. The predicted molar refractivity (Wildman–Crippen MR) is 138 cm³/mol. The summed E-state index contributed by atoms with van der Waals surface area (Å²) in [5.41, 5.74) is 3.94. The summed E-state index contributed by atoms with van der Waals surface area (Å²) in [6.45, 7) is 1.07. The van der Waals surface area contributed by atoms with Gasteiger partial charge in [-0.2, -0.15) is 0 Å². The summed E-state index contributed by atoms with van der Waals surface area (Å²) < 4.78 is 10.8. The van der Waals surface area contributed by atoms with Gasteiger partial charge in [0.15, 0.2) is 11.5 Å². The molecule has 0 fully saturated rings. The van der Waals surface area contributed by atoms with E-state index in [1.807, 2.05) is 59.5 Å². The number of benzene rings is 4. The molecule has 0 bridgehead atoms. The smallest absolute Gasteiger partial charge is 0.339 e. The van der Waals surface area contributed by atoms with E-state index < -0.39 is 5.97 Å². The summed E-state index contributed by atoms with van der Waals surface area (Å²) in [6, 6.07) is 27.3. The van der Waals surface area contributed by atoms with Crippen LogP contribution in [0.25, 0.3) is 11.1 Å². The zero-order valence-electron chi connectivity index (χ0n) is 20.0. The Morgan fingerprint density at radius 2 is 1.51 bits per heavy atom. The van der Waals surface area contributed by atoms with Crippen LogP contribution >= 0.6 is 0 Å². The number of nitrogens with zero attached hydrogens (tertiary/aromatic N) is 1. The van der Waals surface area contributed by atoms with Gasteiger partial charge in [-0.15, -0.1) is 0 Å². The van der Waals surface area contributed by atoms with Crippen molar-refractivity contribution in [2.24, 2.45) is 0 Å². The van der Waals surface area contributed by atoms with Crippen molar-refractivity contribution < 1.29 is 29.3 Å². The standard InChI is InChI=1S/C30H25NO6/c32-26-12-10-23(16-25(26)30(34)35)22-8-6-21(7-9-22)18-31(15-14-20-4-2-1-3-5-20)29(33)24-11-13-27-28(17-24)37-19-36-27/h1-13,16-17,32H,14-15,18-19H2,(H,34,35). The van der Waals surface area contributed by atoms with Crippen molar-refractivity contribution in [1.82, 2.24) is 4.90 Å². The first kappa shape index (κ1) is 23.9. The molecule has 4 aromatic carbocycles. The molecule has 2 N–H and O–H groups in total. The van der Waals surface area contributed by atoms with E-state index in [4.69, 9.17) is 9.47 Å². The lowest BCUT2D eigenvalue weighted by atomic mass is 10.0. The molecule has 1 aliphatic rings. The minimum absolute atomic E-state index is 0.108. The number of amides is 1. The second-order valence-electron chi connectivity index (χ2n) is 8.76. The third kappa shape index (κ3) is 5.41. The van der Waals surface area contributed by atoms with E-state index in [0.29, 0.717) is 42.1 Å². The fraction of sp³-hybridized carbons (Fsp3) is 0.133. The topological polar surface area (TPSA) is 96.3 Å². The largest absolute Gasteiger partial charge is 0.507 e. The number of aromatic carboxylic acids is 1. The van der Waals surface area contributed by atoms with Crippen LogP contribution in [0.5, 0.6) is 17.2 Å². The van der Waals surface area contributed by atoms with E-state index in [2.05, 4.69) is 0 Å². The van der Waals surface area contributed by atoms with Crippen LogP contribution in [0.3, 0.4) is 0 Å². The fourth-order valence-corrected chi connectivity index (χ4v) is 4.28. The maximum Gasteiger partial charge on any atom is 0.339 e. The van der Waals surface area contributed by atoms with Crippen molar-refractivity contribution in [2.75, 3.05) is 13.3 Å². The normalized spacial score (nSPS) is 11.8. The molecule has 0 radical (unpaired) electrons. The molecule has 37 heavy (non-hydrogen) atoms. The van der Waals surface area contributed by atoms with E-state index in [-0.39, 0.29) is 24.0 Å². The minimum atomic E-state index is -1.19. The number of ether oxygens (including phenoxy) is 2. The summed E-state index contributed by atoms with van der Waals surface area (Å²) in [5, 5.41) is 19.1. The highest BCUT2D eigenvalue weighted by atomic mass is 16.7. The highest BCUT2D eigenvalue weighted by Gasteiger charge is 2.21. The highest BCUT2D eigenvalue weighted by Crippen LogP contribution is 2.33. The molecule has 0 saturated heterocycles. The molecular weight excluding hydrogens is 470 g/mol. The van der Waals surface area contributed by atoms with Gasteiger partial charge in [-0.1, -0.05) is 60.7 Å².